The molecule has 1 aliphatic heterocycles. The third kappa shape index (κ3) is 3.62. The van der Waals surface area contributed by atoms with Gasteiger partial charge in [-0.2, -0.15) is 0 Å². The first-order valence-corrected chi connectivity index (χ1v) is 8.35. The molecule has 0 fully saturated rings. The van der Waals surface area contributed by atoms with Crippen molar-refractivity contribution in [1.82, 2.24) is 4.98 Å². The summed E-state index contributed by atoms with van der Waals surface area (Å²) >= 11 is 1.75. The van der Waals surface area contributed by atoms with Gasteiger partial charge in [0.05, 0.1) is 12.2 Å². The van der Waals surface area contributed by atoms with Crippen molar-refractivity contribution in [3.8, 4) is 0 Å². The van der Waals surface area contributed by atoms with Crippen LogP contribution in [0.3, 0.4) is 0 Å². The molecule has 2 aromatic rings. The number of anilines is 1. The molecular weight excluding hydrogens is 314 g/mol. The van der Waals surface area contributed by atoms with Gasteiger partial charge in [-0.3, -0.25) is 0 Å². The second kappa shape index (κ2) is 6.57. The van der Waals surface area contributed by atoms with Gasteiger partial charge in [0.1, 0.15) is 5.01 Å². The van der Waals surface area contributed by atoms with E-state index in [1.807, 2.05) is 0 Å². The van der Waals surface area contributed by atoms with Crippen molar-refractivity contribution in [3.63, 3.8) is 0 Å². The number of thiazole rings is 1. The average molecular weight is 338 g/mol. The van der Waals surface area contributed by atoms with E-state index in [9.17, 15) is 0 Å². The van der Waals surface area contributed by atoms with Crippen LogP contribution in [0.5, 0.6) is 0 Å². The van der Waals surface area contributed by atoms with Crippen LogP contribution >= 0.6 is 23.7 Å². The van der Waals surface area contributed by atoms with Crippen molar-refractivity contribution in [2.24, 2.45) is 5.73 Å². The molecule has 3 rings (SSSR count). The summed E-state index contributed by atoms with van der Waals surface area (Å²) in [7, 11) is 0. The molecule has 0 spiro atoms. The van der Waals surface area contributed by atoms with Crippen molar-refractivity contribution in [3.05, 3.63) is 45.9 Å². The molecule has 0 bridgehead atoms. The summed E-state index contributed by atoms with van der Waals surface area (Å²) in [6.07, 6.45) is 0.970. The van der Waals surface area contributed by atoms with Gasteiger partial charge in [0, 0.05) is 29.1 Å². The lowest BCUT2D eigenvalue weighted by Gasteiger charge is -2.34. The molecule has 5 heteroatoms. The molecule has 0 aliphatic carbocycles. The SMILES string of the molecule is CC(C)(C)c1csc(CN2CC(N)Cc3ccccc32)n1.Cl. The second-order valence-electron chi connectivity index (χ2n) is 6.85. The topological polar surface area (TPSA) is 42.1 Å². The molecule has 22 heavy (non-hydrogen) atoms. The Labute approximate surface area is 143 Å². The van der Waals surface area contributed by atoms with E-state index in [0.717, 1.165) is 19.5 Å². The zero-order chi connectivity index (χ0) is 15.0. The Morgan fingerprint density at radius 1 is 1.32 bits per heavy atom. The highest BCUT2D eigenvalue weighted by molar-refractivity contribution is 7.09. The second-order valence-corrected chi connectivity index (χ2v) is 7.79. The van der Waals surface area contributed by atoms with Gasteiger partial charge in [0.2, 0.25) is 0 Å². The minimum absolute atomic E-state index is 0. The molecular formula is C17H24ClN3S. The number of hydrogen-bond acceptors (Lipinski definition) is 4. The fourth-order valence-electron chi connectivity index (χ4n) is 2.76. The molecule has 3 nitrogen and oxygen atoms in total. The predicted molar refractivity (Wildman–Crippen MR) is 97.2 cm³/mol. The number of benzene rings is 1. The lowest BCUT2D eigenvalue weighted by Crippen LogP contribution is -2.42. The van der Waals surface area contributed by atoms with Crippen LogP contribution in [0.4, 0.5) is 5.69 Å². The Kier molecular flexibility index (Phi) is 5.15. The number of halogens is 1. The number of rotatable bonds is 2. The predicted octanol–water partition coefficient (Wildman–Crippen LogP) is 3.75. The Balaban J connectivity index is 0.00000176. The number of nitrogens with two attached hydrogens (primary N) is 1. The molecule has 0 saturated heterocycles. The van der Waals surface area contributed by atoms with Gasteiger partial charge in [-0.05, 0) is 18.1 Å². The third-order valence-corrected chi connectivity index (χ3v) is 4.75. The summed E-state index contributed by atoms with van der Waals surface area (Å²) in [5.74, 6) is 0. The largest absolute Gasteiger partial charge is 0.363 e. The van der Waals surface area contributed by atoms with Crippen LogP contribution in [-0.4, -0.2) is 17.6 Å². The van der Waals surface area contributed by atoms with E-state index in [4.69, 9.17) is 10.7 Å². The molecule has 0 amide bonds. The van der Waals surface area contributed by atoms with Gasteiger partial charge < -0.3 is 10.6 Å². The first-order chi connectivity index (χ1) is 9.93. The number of para-hydroxylation sites is 1. The van der Waals surface area contributed by atoms with Crippen molar-refractivity contribution >= 4 is 29.4 Å². The lowest BCUT2D eigenvalue weighted by molar-refractivity contribution is 0.566. The quantitative estimate of drug-likeness (QED) is 0.907. The van der Waals surface area contributed by atoms with E-state index in [-0.39, 0.29) is 23.9 Å². The monoisotopic (exact) mass is 337 g/mol. The highest BCUT2D eigenvalue weighted by Crippen LogP contribution is 2.30. The molecule has 2 heterocycles. The summed E-state index contributed by atoms with van der Waals surface area (Å²) < 4.78 is 0. The van der Waals surface area contributed by atoms with Crippen LogP contribution in [-0.2, 0) is 18.4 Å². The van der Waals surface area contributed by atoms with Gasteiger partial charge >= 0.3 is 0 Å². The standard InChI is InChI=1S/C17H23N3S.ClH/c1-17(2,3)15-11-21-16(19-15)10-20-9-13(18)8-12-6-4-5-7-14(12)20;/h4-7,11,13H,8-10,18H2,1-3H3;1H. The molecule has 2 N–H and O–H groups in total. The van der Waals surface area contributed by atoms with Gasteiger partial charge in [-0.1, -0.05) is 39.0 Å². The van der Waals surface area contributed by atoms with Crippen LogP contribution in [0, 0.1) is 0 Å². The summed E-state index contributed by atoms with van der Waals surface area (Å²) in [5, 5.41) is 3.36. The normalized spacial score (nSPS) is 17.8. The highest BCUT2D eigenvalue weighted by atomic mass is 35.5. The van der Waals surface area contributed by atoms with Crippen LogP contribution in [0.25, 0.3) is 0 Å². The van der Waals surface area contributed by atoms with Gasteiger partial charge in [-0.15, -0.1) is 23.7 Å². The van der Waals surface area contributed by atoms with Crippen LogP contribution < -0.4 is 10.6 Å². The Morgan fingerprint density at radius 3 is 2.73 bits per heavy atom. The number of aromatic nitrogens is 1. The maximum absolute atomic E-state index is 6.21. The molecule has 0 radical (unpaired) electrons. The maximum Gasteiger partial charge on any atom is 0.112 e. The van der Waals surface area contributed by atoms with E-state index >= 15 is 0 Å². The van der Waals surface area contributed by atoms with Crippen LogP contribution in [0.2, 0.25) is 0 Å². The minimum Gasteiger partial charge on any atom is -0.363 e. The van der Waals surface area contributed by atoms with Crippen LogP contribution in [0.15, 0.2) is 29.6 Å². The maximum atomic E-state index is 6.21. The fraction of sp³-hybridized carbons (Fsp3) is 0.471. The fourth-order valence-corrected chi connectivity index (χ4v) is 3.80. The molecule has 0 saturated carbocycles. The Hall–Kier alpha value is -1.10. The summed E-state index contributed by atoms with van der Waals surface area (Å²) in [5.41, 5.74) is 10.2. The smallest absolute Gasteiger partial charge is 0.112 e. The molecule has 120 valence electrons. The van der Waals surface area contributed by atoms with E-state index < -0.39 is 0 Å². The molecule has 1 aromatic heterocycles. The number of fused-ring (bicyclic) bond motifs is 1. The summed E-state index contributed by atoms with van der Waals surface area (Å²) in [4.78, 5) is 7.18. The zero-order valence-corrected chi connectivity index (χ0v) is 15.0. The summed E-state index contributed by atoms with van der Waals surface area (Å²) in [6, 6.07) is 8.78. The van der Waals surface area contributed by atoms with Crippen LogP contribution in [0.1, 0.15) is 37.0 Å². The van der Waals surface area contributed by atoms with Crippen molar-refractivity contribution in [2.45, 2.75) is 45.2 Å². The first-order valence-electron chi connectivity index (χ1n) is 7.47. The third-order valence-electron chi connectivity index (χ3n) is 3.92. The van der Waals surface area contributed by atoms with E-state index in [1.54, 1.807) is 11.3 Å². The first kappa shape index (κ1) is 17.3. The van der Waals surface area contributed by atoms with Gasteiger partial charge in [0.15, 0.2) is 0 Å². The lowest BCUT2D eigenvalue weighted by atomic mass is 9.93. The molecule has 1 aliphatic rings. The zero-order valence-electron chi connectivity index (χ0n) is 13.4. The van der Waals surface area contributed by atoms with Gasteiger partial charge in [-0.25, -0.2) is 4.98 Å². The van der Waals surface area contributed by atoms with Crippen molar-refractivity contribution < 1.29 is 0 Å². The van der Waals surface area contributed by atoms with Gasteiger partial charge in [0.25, 0.3) is 0 Å². The van der Waals surface area contributed by atoms with Crippen molar-refractivity contribution in [1.29, 1.82) is 0 Å². The minimum atomic E-state index is 0. The van der Waals surface area contributed by atoms with E-state index in [0.29, 0.717) is 0 Å². The average Bonchev–Trinajstić information content (AvgIpc) is 2.87. The Bertz CT molecular complexity index is 633. The highest BCUT2D eigenvalue weighted by Gasteiger charge is 2.23. The number of hydrogen-bond donors (Lipinski definition) is 1. The number of nitrogens with zero attached hydrogens (tertiary/aromatic N) is 2. The molecule has 1 atom stereocenters. The van der Waals surface area contributed by atoms with Crippen molar-refractivity contribution in [2.75, 3.05) is 11.4 Å². The Morgan fingerprint density at radius 2 is 2.05 bits per heavy atom. The summed E-state index contributed by atoms with van der Waals surface area (Å²) in [6.45, 7) is 8.38. The van der Waals surface area contributed by atoms with E-state index in [1.165, 1.54) is 22.0 Å². The van der Waals surface area contributed by atoms with E-state index in [2.05, 4.69) is 55.3 Å². The molecule has 1 aromatic carbocycles. The molecule has 1 unspecified atom stereocenters.